The molecule has 0 aliphatic carbocycles. The van der Waals surface area contributed by atoms with Gasteiger partial charge in [0.1, 0.15) is 11.8 Å². The van der Waals surface area contributed by atoms with Crippen molar-refractivity contribution < 1.29 is 36.3 Å². The van der Waals surface area contributed by atoms with Crippen LogP contribution in [0.2, 0.25) is 0 Å². The number of pyridine rings is 1. The Balaban J connectivity index is 1.70. The maximum absolute atomic E-state index is 13.5. The SMILES string of the molecule is C=C(/C=C\C=C/N)[C@H](C(O)c1cccc(C(F)(F)F)n1)N1Cc2ccc(-c3nnc(C(F)F)o3)cc2C1=O. The first kappa shape index (κ1) is 26.7. The molecule has 3 N–H and O–H groups in total. The van der Waals surface area contributed by atoms with Crippen LogP contribution in [0.4, 0.5) is 22.0 Å². The Morgan fingerprint density at radius 3 is 2.61 bits per heavy atom. The van der Waals surface area contributed by atoms with Gasteiger partial charge < -0.3 is 20.2 Å². The quantitative estimate of drug-likeness (QED) is 0.318. The van der Waals surface area contributed by atoms with Crippen molar-refractivity contribution in [3.05, 3.63) is 101 Å². The molecule has 8 nitrogen and oxygen atoms in total. The third kappa shape index (κ3) is 5.32. The van der Waals surface area contributed by atoms with Crippen LogP contribution in [0.25, 0.3) is 11.5 Å². The molecule has 3 heterocycles. The highest BCUT2D eigenvalue weighted by molar-refractivity contribution is 5.99. The number of hydrogen-bond donors (Lipinski definition) is 2. The zero-order chi connectivity index (χ0) is 27.6. The molecular formula is C25H20F5N5O3. The molecule has 198 valence electrons. The van der Waals surface area contributed by atoms with E-state index in [9.17, 15) is 31.9 Å². The topological polar surface area (TPSA) is 118 Å². The van der Waals surface area contributed by atoms with Gasteiger partial charge in [-0.15, -0.1) is 10.2 Å². The van der Waals surface area contributed by atoms with Gasteiger partial charge in [-0.2, -0.15) is 22.0 Å². The Morgan fingerprint density at radius 2 is 1.95 bits per heavy atom. The fourth-order valence-corrected chi connectivity index (χ4v) is 3.97. The van der Waals surface area contributed by atoms with Crippen molar-refractivity contribution in [2.24, 2.45) is 5.73 Å². The molecule has 2 atom stereocenters. The van der Waals surface area contributed by atoms with Crippen LogP contribution in [0.1, 0.15) is 45.7 Å². The van der Waals surface area contributed by atoms with Crippen LogP contribution in [0.3, 0.4) is 0 Å². The van der Waals surface area contributed by atoms with E-state index in [2.05, 4.69) is 21.8 Å². The molecule has 3 aromatic rings. The third-order valence-electron chi connectivity index (χ3n) is 5.73. The summed E-state index contributed by atoms with van der Waals surface area (Å²) < 4.78 is 70.4. The lowest BCUT2D eigenvalue weighted by atomic mass is 9.97. The van der Waals surface area contributed by atoms with Crippen molar-refractivity contribution in [2.75, 3.05) is 0 Å². The Morgan fingerprint density at radius 1 is 1.18 bits per heavy atom. The molecule has 0 saturated heterocycles. The van der Waals surface area contributed by atoms with Crippen LogP contribution < -0.4 is 5.73 Å². The van der Waals surface area contributed by atoms with E-state index in [1.165, 1.54) is 47.5 Å². The lowest BCUT2D eigenvalue weighted by Crippen LogP contribution is -2.41. The van der Waals surface area contributed by atoms with Crippen LogP contribution in [0.5, 0.6) is 0 Å². The largest absolute Gasteiger partial charge is 0.433 e. The summed E-state index contributed by atoms with van der Waals surface area (Å²) in [5.41, 5.74) is 4.88. The number of nitrogens with zero attached hydrogens (tertiary/aromatic N) is 4. The predicted octanol–water partition coefficient (Wildman–Crippen LogP) is 4.73. The van der Waals surface area contributed by atoms with Gasteiger partial charge in [-0.05, 0) is 47.7 Å². The summed E-state index contributed by atoms with van der Waals surface area (Å²) in [6, 6.07) is 6.29. The first-order chi connectivity index (χ1) is 18.0. The maximum Gasteiger partial charge on any atom is 0.433 e. The van der Waals surface area contributed by atoms with Gasteiger partial charge in [-0.25, -0.2) is 4.98 Å². The van der Waals surface area contributed by atoms with Gasteiger partial charge in [0.15, 0.2) is 0 Å². The lowest BCUT2D eigenvalue weighted by Gasteiger charge is -2.32. The molecule has 0 radical (unpaired) electrons. The molecule has 2 aromatic heterocycles. The minimum absolute atomic E-state index is 0.0269. The van der Waals surface area contributed by atoms with Crippen LogP contribution in [-0.2, 0) is 12.7 Å². The molecule has 1 aromatic carbocycles. The minimum atomic E-state index is -4.75. The van der Waals surface area contributed by atoms with Crippen LogP contribution in [0.15, 0.2) is 77.4 Å². The number of fused-ring (bicyclic) bond motifs is 1. The molecule has 38 heavy (non-hydrogen) atoms. The van der Waals surface area contributed by atoms with Crippen molar-refractivity contribution >= 4 is 5.91 Å². The van der Waals surface area contributed by atoms with Crippen molar-refractivity contribution in [1.29, 1.82) is 0 Å². The Labute approximate surface area is 212 Å². The molecule has 1 unspecified atom stereocenters. The normalized spacial score (nSPS) is 15.6. The molecule has 13 heteroatoms. The fourth-order valence-electron chi connectivity index (χ4n) is 3.97. The molecule has 1 amide bonds. The van der Waals surface area contributed by atoms with E-state index < -0.39 is 42.2 Å². The fraction of sp³-hybridized carbons (Fsp3) is 0.200. The van der Waals surface area contributed by atoms with Gasteiger partial charge in [0.25, 0.3) is 11.8 Å². The monoisotopic (exact) mass is 533 g/mol. The van der Waals surface area contributed by atoms with E-state index in [0.717, 1.165) is 12.1 Å². The van der Waals surface area contributed by atoms with E-state index in [1.807, 2.05) is 0 Å². The zero-order valence-corrected chi connectivity index (χ0v) is 19.4. The molecule has 4 rings (SSSR count). The standard InChI is InChI=1S/C25H20F5N5O3/c1-13(5-2-3-10-31)19(20(36)17-6-4-7-18(32-17)25(28,29)30)35-12-15-9-8-14(11-16(15)24(35)37)22-33-34-23(38-22)21(26)27/h2-11,19-21,36H,1,12,31H2/b5-2-,10-3-/t19-,20?/m1/s1. The first-order valence-corrected chi connectivity index (χ1v) is 11.0. The highest BCUT2D eigenvalue weighted by atomic mass is 19.4. The van der Waals surface area contributed by atoms with E-state index >= 15 is 0 Å². The first-order valence-electron chi connectivity index (χ1n) is 11.0. The Kier molecular flexibility index (Phi) is 7.39. The second kappa shape index (κ2) is 10.5. The van der Waals surface area contributed by atoms with Crippen molar-refractivity contribution in [3.8, 4) is 11.5 Å². The molecule has 0 fully saturated rings. The van der Waals surface area contributed by atoms with Crippen LogP contribution >= 0.6 is 0 Å². The second-order valence-corrected chi connectivity index (χ2v) is 8.21. The summed E-state index contributed by atoms with van der Waals surface area (Å²) in [6.07, 6.45) is -3.76. The van der Waals surface area contributed by atoms with Gasteiger partial charge in [-0.3, -0.25) is 4.79 Å². The smallest absolute Gasteiger partial charge is 0.415 e. The summed E-state index contributed by atoms with van der Waals surface area (Å²) in [6.45, 7) is 3.87. The van der Waals surface area contributed by atoms with E-state index in [-0.39, 0.29) is 34.8 Å². The number of aromatic nitrogens is 3. The van der Waals surface area contributed by atoms with E-state index in [0.29, 0.717) is 5.56 Å². The maximum atomic E-state index is 13.5. The molecule has 1 aliphatic rings. The van der Waals surface area contributed by atoms with Crippen molar-refractivity contribution in [2.45, 2.75) is 31.3 Å². The van der Waals surface area contributed by atoms with Gasteiger partial charge in [0.05, 0.1) is 11.7 Å². The third-order valence-corrected chi connectivity index (χ3v) is 5.73. The van der Waals surface area contributed by atoms with E-state index in [4.69, 9.17) is 10.2 Å². The summed E-state index contributed by atoms with van der Waals surface area (Å²) in [7, 11) is 0. The van der Waals surface area contributed by atoms with E-state index in [1.54, 1.807) is 6.07 Å². The summed E-state index contributed by atoms with van der Waals surface area (Å²) in [5.74, 6) is -1.68. The average Bonchev–Trinajstić information content (AvgIpc) is 3.49. The van der Waals surface area contributed by atoms with Crippen LogP contribution in [0, 0.1) is 0 Å². The molecular weight excluding hydrogens is 513 g/mol. The Hall–Kier alpha value is -4.39. The predicted molar refractivity (Wildman–Crippen MR) is 124 cm³/mol. The van der Waals surface area contributed by atoms with Gasteiger partial charge in [0, 0.05) is 17.7 Å². The lowest BCUT2D eigenvalue weighted by molar-refractivity contribution is -0.141. The number of aliphatic hydroxyl groups excluding tert-OH is 1. The van der Waals surface area contributed by atoms with Gasteiger partial charge in [0.2, 0.25) is 5.89 Å². The highest BCUT2D eigenvalue weighted by Crippen LogP contribution is 2.36. The summed E-state index contributed by atoms with van der Waals surface area (Å²) >= 11 is 0. The number of allylic oxidation sites excluding steroid dienone is 2. The van der Waals surface area contributed by atoms with Crippen molar-refractivity contribution in [1.82, 2.24) is 20.1 Å². The molecule has 0 saturated carbocycles. The van der Waals surface area contributed by atoms with Gasteiger partial charge in [-0.1, -0.05) is 30.9 Å². The Bertz CT molecular complexity index is 1420. The number of aliphatic hydroxyl groups is 1. The number of amides is 1. The van der Waals surface area contributed by atoms with Crippen molar-refractivity contribution in [3.63, 3.8) is 0 Å². The number of halogens is 5. The average molecular weight is 533 g/mol. The second-order valence-electron chi connectivity index (χ2n) is 8.21. The molecule has 1 aliphatic heterocycles. The number of rotatable bonds is 8. The zero-order valence-electron chi connectivity index (χ0n) is 19.4. The molecule has 0 spiro atoms. The highest BCUT2D eigenvalue weighted by Gasteiger charge is 2.40. The summed E-state index contributed by atoms with van der Waals surface area (Å²) in [4.78, 5) is 18.3. The number of carbonyl (C=O) groups excluding carboxylic acids is 1. The summed E-state index contributed by atoms with van der Waals surface area (Å²) in [5, 5.41) is 18.0. The minimum Gasteiger partial charge on any atom is -0.415 e. The number of hydrogen-bond acceptors (Lipinski definition) is 7. The van der Waals surface area contributed by atoms with Crippen LogP contribution in [-0.4, -0.2) is 37.1 Å². The molecule has 0 bridgehead atoms. The number of benzene rings is 1. The van der Waals surface area contributed by atoms with Gasteiger partial charge >= 0.3 is 12.6 Å². The number of alkyl halides is 5. The number of carbonyl (C=O) groups is 1. The number of nitrogens with two attached hydrogens (primary N) is 1.